The first-order valence-corrected chi connectivity index (χ1v) is 6.49. The van der Waals surface area contributed by atoms with Crippen LogP contribution in [-0.2, 0) is 4.79 Å². The van der Waals surface area contributed by atoms with Gasteiger partial charge in [-0.05, 0) is 31.4 Å². The Hall–Kier alpha value is -2.04. The highest BCUT2D eigenvalue weighted by atomic mass is 16.4. The zero-order chi connectivity index (χ0) is 13.6. The molecule has 3 unspecified atom stereocenters. The normalized spacial score (nSPS) is 28.6. The molecule has 1 aromatic carbocycles. The molecular weight excluding hydrogens is 244 g/mol. The molecule has 0 aromatic heterocycles. The van der Waals surface area contributed by atoms with E-state index >= 15 is 0 Å². The van der Waals surface area contributed by atoms with Crippen LogP contribution in [0.3, 0.4) is 0 Å². The van der Waals surface area contributed by atoms with Gasteiger partial charge >= 0.3 is 5.97 Å². The average Bonchev–Trinajstić information content (AvgIpc) is 2.95. The molecule has 2 saturated heterocycles. The third kappa shape index (κ3) is 1.77. The maximum absolute atomic E-state index is 11.5. The highest BCUT2D eigenvalue weighted by molar-refractivity contribution is 5.99. The minimum absolute atomic E-state index is 0.0111. The predicted molar refractivity (Wildman–Crippen MR) is 70.0 cm³/mol. The number of primary amides is 1. The van der Waals surface area contributed by atoms with Crippen LogP contribution < -0.4 is 10.6 Å². The number of carboxylic acids is 1. The first-order chi connectivity index (χ1) is 9.09. The number of carboxylic acid groups (broad SMARTS) is 1. The molecule has 2 bridgehead atoms. The zero-order valence-corrected chi connectivity index (χ0v) is 10.5. The molecule has 100 valence electrons. The summed E-state index contributed by atoms with van der Waals surface area (Å²) in [6.45, 7) is 0. The maximum Gasteiger partial charge on any atom is 0.308 e. The third-order valence-corrected chi connectivity index (χ3v) is 4.30. The number of para-hydroxylation sites is 1. The summed E-state index contributed by atoms with van der Waals surface area (Å²) in [7, 11) is 0. The molecule has 3 rings (SSSR count). The van der Waals surface area contributed by atoms with Gasteiger partial charge in [-0.3, -0.25) is 9.59 Å². The predicted octanol–water partition coefficient (Wildman–Crippen LogP) is 1.23. The quantitative estimate of drug-likeness (QED) is 0.856. The number of fused-ring (bicyclic) bond motifs is 2. The minimum Gasteiger partial charge on any atom is -0.481 e. The summed E-state index contributed by atoms with van der Waals surface area (Å²) in [5.74, 6) is -1.54. The van der Waals surface area contributed by atoms with Gasteiger partial charge in [-0.1, -0.05) is 12.1 Å². The lowest BCUT2D eigenvalue weighted by atomic mass is 9.89. The van der Waals surface area contributed by atoms with Gasteiger partial charge in [0.15, 0.2) is 0 Å². The lowest BCUT2D eigenvalue weighted by molar-refractivity contribution is -0.142. The number of amides is 1. The van der Waals surface area contributed by atoms with Gasteiger partial charge < -0.3 is 15.7 Å². The standard InChI is InChI=1S/C14H16N2O3/c15-13(17)9-3-1-2-4-11(9)16-8-5-6-12(16)10(7-8)14(18)19/h1-4,8,10,12H,5-7H2,(H2,15,17)(H,18,19). The Bertz CT molecular complexity index is 543. The number of anilines is 1. The van der Waals surface area contributed by atoms with Crippen LogP contribution >= 0.6 is 0 Å². The number of nitrogens with two attached hydrogens (primary N) is 1. The van der Waals surface area contributed by atoms with E-state index < -0.39 is 11.9 Å². The van der Waals surface area contributed by atoms with Crippen molar-refractivity contribution in [2.75, 3.05) is 4.90 Å². The van der Waals surface area contributed by atoms with Crippen LogP contribution in [0.1, 0.15) is 29.6 Å². The van der Waals surface area contributed by atoms with Crippen molar-refractivity contribution in [1.82, 2.24) is 0 Å². The van der Waals surface area contributed by atoms with E-state index in [9.17, 15) is 14.7 Å². The van der Waals surface area contributed by atoms with Crippen molar-refractivity contribution in [3.63, 3.8) is 0 Å². The van der Waals surface area contributed by atoms with Crippen molar-refractivity contribution in [2.24, 2.45) is 11.7 Å². The van der Waals surface area contributed by atoms with E-state index in [2.05, 4.69) is 4.90 Å². The topological polar surface area (TPSA) is 83.6 Å². The lowest BCUT2D eigenvalue weighted by Gasteiger charge is -2.27. The smallest absolute Gasteiger partial charge is 0.308 e. The molecule has 2 heterocycles. The molecule has 2 aliphatic heterocycles. The highest BCUT2D eigenvalue weighted by Crippen LogP contribution is 2.45. The number of nitrogens with zero attached hydrogens (tertiary/aromatic N) is 1. The molecule has 2 fully saturated rings. The lowest BCUT2D eigenvalue weighted by Crippen LogP contribution is -2.34. The number of benzene rings is 1. The molecule has 0 radical (unpaired) electrons. The van der Waals surface area contributed by atoms with Crippen molar-refractivity contribution in [3.8, 4) is 0 Å². The van der Waals surface area contributed by atoms with E-state index in [1.807, 2.05) is 12.1 Å². The largest absolute Gasteiger partial charge is 0.481 e. The molecule has 5 heteroatoms. The van der Waals surface area contributed by atoms with Gasteiger partial charge in [0.25, 0.3) is 5.91 Å². The van der Waals surface area contributed by atoms with Crippen LogP contribution in [0.4, 0.5) is 5.69 Å². The fourth-order valence-corrected chi connectivity index (χ4v) is 3.54. The molecule has 1 aromatic rings. The summed E-state index contributed by atoms with van der Waals surface area (Å²) in [5, 5.41) is 9.26. The van der Waals surface area contributed by atoms with Crippen LogP contribution in [0.15, 0.2) is 24.3 Å². The van der Waals surface area contributed by atoms with Gasteiger partial charge in [-0.2, -0.15) is 0 Å². The summed E-state index contributed by atoms with van der Waals surface area (Å²) in [5.41, 5.74) is 6.67. The monoisotopic (exact) mass is 260 g/mol. The third-order valence-electron chi connectivity index (χ3n) is 4.30. The first-order valence-electron chi connectivity index (χ1n) is 6.49. The van der Waals surface area contributed by atoms with Crippen LogP contribution in [0.25, 0.3) is 0 Å². The number of hydrogen-bond donors (Lipinski definition) is 2. The van der Waals surface area contributed by atoms with Crippen molar-refractivity contribution in [1.29, 1.82) is 0 Å². The van der Waals surface area contributed by atoms with Crippen LogP contribution in [-0.4, -0.2) is 29.1 Å². The van der Waals surface area contributed by atoms with E-state index in [4.69, 9.17) is 5.73 Å². The number of aliphatic carboxylic acids is 1. The molecule has 1 amide bonds. The van der Waals surface area contributed by atoms with Crippen LogP contribution in [0.2, 0.25) is 0 Å². The van der Waals surface area contributed by atoms with Gasteiger partial charge in [0.2, 0.25) is 0 Å². The maximum atomic E-state index is 11.5. The summed E-state index contributed by atoms with van der Waals surface area (Å²) < 4.78 is 0. The van der Waals surface area contributed by atoms with E-state index in [0.717, 1.165) is 18.5 Å². The second-order valence-corrected chi connectivity index (χ2v) is 5.27. The average molecular weight is 260 g/mol. The molecule has 2 aliphatic rings. The van der Waals surface area contributed by atoms with Crippen LogP contribution in [0.5, 0.6) is 0 Å². The molecule has 0 saturated carbocycles. The number of carbonyl (C=O) groups excluding carboxylic acids is 1. The summed E-state index contributed by atoms with van der Waals surface area (Å²) >= 11 is 0. The molecule has 5 nitrogen and oxygen atoms in total. The van der Waals surface area contributed by atoms with Gasteiger partial charge in [0, 0.05) is 12.1 Å². The second kappa shape index (κ2) is 4.26. The first kappa shape index (κ1) is 12.0. The number of rotatable bonds is 3. The van der Waals surface area contributed by atoms with Gasteiger partial charge in [0.1, 0.15) is 0 Å². The molecule has 0 spiro atoms. The van der Waals surface area contributed by atoms with Crippen molar-refractivity contribution >= 4 is 17.6 Å². The zero-order valence-electron chi connectivity index (χ0n) is 10.5. The minimum atomic E-state index is -0.742. The summed E-state index contributed by atoms with van der Waals surface area (Å²) in [6.07, 6.45) is 2.52. The van der Waals surface area contributed by atoms with Crippen molar-refractivity contribution in [3.05, 3.63) is 29.8 Å². The Morgan fingerprint density at radius 1 is 1.26 bits per heavy atom. The van der Waals surface area contributed by atoms with E-state index in [-0.39, 0.29) is 18.0 Å². The van der Waals surface area contributed by atoms with Gasteiger partial charge in [-0.25, -0.2) is 0 Å². The van der Waals surface area contributed by atoms with Crippen molar-refractivity contribution in [2.45, 2.75) is 31.3 Å². The fraction of sp³-hybridized carbons (Fsp3) is 0.429. The Balaban J connectivity index is 2.00. The molecule has 3 N–H and O–H groups in total. The second-order valence-electron chi connectivity index (χ2n) is 5.27. The molecular formula is C14H16N2O3. The van der Waals surface area contributed by atoms with Crippen molar-refractivity contribution < 1.29 is 14.7 Å². The Morgan fingerprint density at radius 3 is 2.63 bits per heavy atom. The Labute approximate surface area is 111 Å². The summed E-state index contributed by atoms with van der Waals surface area (Å²) in [4.78, 5) is 24.9. The van der Waals surface area contributed by atoms with Gasteiger partial charge in [0.05, 0.1) is 17.2 Å². The SMILES string of the molecule is NC(=O)c1ccccc1N1C2CCC1C(C(=O)O)C2. The Morgan fingerprint density at radius 2 is 2.00 bits per heavy atom. The summed E-state index contributed by atoms with van der Waals surface area (Å²) in [6, 6.07) is 7.39. The number of hydrogen-bond acceptors (Lipinski definition) is 3. The molecule has 3 atom stereocenters. The van der Waals surface area contributed by atoms with E-state index in [1.165, 1.54) is 0 Å². The molecule has 19 heavy (non-hydrogen) atoms. The Kier molecular flexibility index (Phi) is 2.69. The number of carbonyl (C=O) groups is 2. The van der Waals surface area contributed by atoms with E-state index in [0.29, 0.717) is 12.0 Å². The molecule has 0 aliphatic carbocycles. The van der Waals surface area contributed by atoms with Gasteiger partial charge in [-0.15, -0.1) is 0 Å². The highest BCUT2D eigenvalue weighted by Gasteiger charge is 2.49. The van der Waals surface area contributed by atoms with E-state index in [1.54, 1.807) is 12.1 Å². The van der Waals surface area contributed by atoms with Crippen LogP contribution in [0, 0.1) is 5.92 Å². The fourth-order valence-electron chi connectivity index (χ4n) is 3.54.